The van der Waals surface area contributed by atoms with Crippen LogP contribution < -0.4 is 0 Å². The molecule has 4 rings (SSSR count). The molecule has 4 heteroatoms. The van der Waals surface area contributed by atoms with Crippen molar-refractivity contribution in [3.63, 3.8) is 0 Å². The molecule has 0 saturated heterocycles. The van der Waals surface area contributed by atoms with Crippen LogP contribution in [0.5, 0.6) is 0 Å². The van der Waals surface area contributed by atoms with E-state index in [0.29, 0.717) is 22.8 Å². The SMILES string of the molecule is CC(=O)c1cccc(-n2c(-c3ccccc3)nc(-c3ccccc3)c2C=O)c1. The van der Waals surface area contributed by atoms with E-state index in [1.165, 1.54) is 6.92 Å². The Labute approximate surface area is 163 Å². The molecule has 0 saturated carbocycles. The summed E-state index contributed by atoms with van der Waals surface area (Å²) in [6.45, 7) is 1.53. The van der Waals surface area contributed by atoms with Crippen molar-refractivity contribution < 1.29 is 9.59 Å². The second kappa shape index (κ2) is 7.45. The second-order valence-electron chi connectivity index (χ2n) is 6.46. The van der Waals surface area contributed by atoms with Gasteiger partial charge in [0.2, 0.25) is 0 Å². The summed E-state index contributed by atoms with van der Waals surface area (Å²) in [6.07, 6.45) is 0.822. The Morgan fingerprint density at radius 1 is 0.857 bits per heavy atom. The third kappa shape index (κ3) is 3.16. The van der Waals surface area contributed by atoms with Crippen LogP contribution in [0.4, 0.5) is 0 Å². The monoisotopic (exact) mass is 366 g/mol. The average Bonchev–Trinajstić information content (AvgIpc) is 3.15. The van der Waals surface area contributed by atoms with E-state index in [9.17, 15) is 9.59 Å². The van der Waals surface area contributed by atoms with Gasteiger partial charge in [-0.2, -0.15) is 0 Å². The van der Waals surface area contributed by atoms with Gasteiger partial charge in [-0.05, 0) is 19.1 Å². The van der Waals surface area contributed by atoms with Gasteiger partial charge >= 0.3 is 0 Å². The molecule has 0 fully saturated rings. The van der Waals surface area contributed by atoms with Gasteiger partial charge in [0.25, 0.3) is 0 Å². The third-order valence-corrected chi connectivity index (χ3v) is 4.61. The molecule has 1 heterocycles. The Morgan fingerprint density at radius 2 is 1.50 bits per heavy atom. The number of ketones is 1. The molecule has 0 spiro atoms. The molecule has 0 radical (unpaired) electrons. The van der Waals surface area contributed by atoms with Gasteiger partial charge in [-0.1, -0.05) is 72.8 Å². The Balaban J connectivity index is 2.03. The summed E-state index contributed by atoms with van der Waals surface area (Å²) in [5.74, 6) is 0.626. The van der Waals surface area contributed by atoms with E-state index >= 15 is 0 Å². The van der Waals surface area contributed by atoms with Crippen molar-refractivity contribution in [1.82, 2.24) is 9.55 Å². The number of aldehydes is 1. The summed E-state index contributed by atoms with van der Waals surface area (Å²) in [7, 11) is 0. The first kappa shape index (κ1) is 17.6. The van der Waals surface area contributed by atoms with Crippen molar-refractivity contribution in [2.24, 2.45) is 0 Å². The molecule has 0 N–H and O–H groups in total. The molecule has 0 aliphatic rings. The lowest BCUT2D eigenvalue weighted by molar-refractivity contribution is 0.101. The van der Waals surface area contributed by atoms with Crippen LogP contribution in [0.2, 0.25) is 0 Å². The summed E-state index contributed by atoms with van der Waals surface area (Å²) in [5, 5.41) is 0. The number of rotatable bonds is 5. The van der Waals surface area contributed by atoms with Gasteiger partial charge in [-0.3, -0.25) is 14.2 Å². The fourth-order valence-corrected chi connectivity index (χ4v) is 3.26. The minimum absolute atomic E-state index is 0.0286. The van der Waals surface area contributed by atoms with Crippen LogP contribution in [0.3, 0.4) is 0 Å². The summed E-state index contributed by atoms with van der Waals surface area (Å²) in [5.41, 5.74) is 4.13. The summed E-state index contributed by atoms with van der Waals surface area (Å²) in [4.78, 5) is 28.8. The molecule has 1 aromatic heterocycles. The fraction of sp³-hybridized carbons (Fsp3) is 0.0417. The predicted molar refractivity (Wildman–Crippen MR) is 110 cm³/mol. The van der Waals surface area contributed by atoms with Crippen LogP contribution in [0.25, 0.3) is 28.3 Å². The number of aromatic nitrogens is 2. The molecule has 0 bridgehead atoms. The number of benzene rings is 3. The van der Waals surface area contributed by atoms with Gasteiger partial charge in [0.05, 0.1) is 0 Å². The fourth-order valence-electron chi connectivity index (χ4n) is 3.26. The second-order valence-corrected chi connectivity index (χ2v) is 6.46. The lowest BCUT2D eigenvalue weighted by atomic mass is 10.1. The molecule has 4 nitrogen and oxygen atoms in total. The highest BCUT2D eigenvalue weighted by Crippen LogP contribution is 2.31. The van der Waals surface area contributed by atoms with Gasteiger partial charge in [0.15, 0.2) is 12.1 Å². The normalized spacial score (nSPS) is 10.6. The van der Waals surface area contributed by atoms with Crippen LogP contribution in [-0.2, 0) is 0 Å². The van der Waals surface area contributed by atoms with Crippen molar-refractivity contribution >= 4 is 12.1 Å². The minimum atomic E-state index is -0.0286. The van der Waals surface area contributed by atoms with Crippen LogP contribution in [0.15, 0.2) is 84.9 Å². The zero-order chi connectivity index (χ0) is 19.5. The van der Waals surface area contributed by atoms with E-state index in [-0.39, 0.29) is 5.78 Å². The highest BCUT2D eigenvalue weighted by Gasteiger charge is 2.20. The van der Waals surface area contributed by atoms with Crippen molar-refractivity contribution in [3.05, 3.63) is 96.2 Å². The van der Waals surface area contributed by atoms with E-state index in [4.69, 9.17) is 4.98 Å². The summed E-state index contributed by atoms with van der Waals surface area (Å²) in [6, 6.07) is 26.6. The van der Waals surface area contributed by atoms with E-state index in [0.717, 1.165) is 23.1 Å². The Bertz CT molecular complexity index is 1150. The summed E-state index contributed by atoms with van der Waals surface area (Å²) < 4.78 is 1.82. The molecule has 0 aliphatic carbocycles. The molecular weight excluding hydrogens is 348 g/mol. The van der Waals surface area contributed by atoms with Crippen molar-refractivity contribution in [3.8, 4) is 28.3 Å². The number of hydrogen-bond acceptors (Lipinski definition) is 3. The van der Waals surface area contributed by atoms with Gasteiger partial charge in [0.1, 0.15) is 17.2 Å². The molecule has 28 heavy (non-hydrogen) atoms. The van der Waals surface area contributed by atoms with Gasteiger partial charge in [0, 0.05) is 22.4 Å². The largest absolute Gasteiger partial charge is 0.296 e. The molecule has 0 atom stereocenters. The number of hydrogen-bond donors (Lipinski definition) is 0. The van der Waals surface area contributed by atoms with Crippen molar-refractivity contribution in [2.75, 3.05) is 0 Å². The van der Waals surface area contributed by atoms with Crippen molar-refractivity contribution in [2.45, 2.75) is 6.92 Å². The van der Waals surface area contributed by atoms with E-state index in [2.05, 4.69) is 0 Å². The first-order valence-electron chi connectivity index (χ1n) is 8.99. The highest BCUT2D eigenvalue weighted by molar-refractivity contribution is 5.95. The summed E-state index contributed by atoms with van der Waals surface area (Å²) >= 11 is 0. The Morgan fingerprint density at radius 3 is 2.11 bits per heavy atom. The van der Waals surface area contributed by atoms with E-state index < -0.39 is 0 Å². The molecule has 3 aromatic carbocycles. The standard InChI is InChI=1S/C24H18N2O2/c1-17(28)20-13-8-14-21(15-20)26-22(16-27)23(18-9-4-2-5-10-18)25-24(26)19-11-6-3-7-12-19/h2-16H,1H3. The van der Waals surface area contributed by atoms with Gasteiger partial charge < -0.3 is 0 Å². The number of nitrogens with zero attached hydrogens (tertiary/aromatic N) is 2. The number of imidazole rings is 1. The maximum Gasteiger partial charge on any atom is 0.169 e. The molecule has 0 aliphatic heterocycles. The topological polar surface area (TPSA) is 52.0 Å². The Hall–Kier alpha value is -3.79. The first-order chi connectivity index (χ1) is 13.7. The number of carbonyl (C=O) groups excluding carboxylic acids is 2. The maximum atomic E-state index is 12.1. The first-order valence-corrected chi connectivity index (χ1v) is 8.99. The van der Waals surface area contributed by atoms with E-state index in [1.54, 1.807) is 12.1 Å². The van der Waals surface area contributed by atoms with Gasteiger partial charge in [-0.15, -0.1) is 0 Å². The lowest BCUT2D eigenvalue weighted by Gasteiger charge is -2.11. The molecule has 136 valence electrons. The third-order valence-electron chi connectivity index (χ3n) is 4.61. The molecule has 4 aromatic rings. The zero-order valence-corrected chi connectivity index (χ0v) is 15.4. The predicted octanol–water partition coefficient (Wildman–Crippen LogP) is 5.22. The van der Waals surface area contributed by atoms with Gasteiger partial charge in [-0.25, -0.2) is 4.98 Å². The molecule has 0 amide bonds. The lowest BCUT2D eigenvalue weighted by Crippen LogP contribution is -2.04. The Kier molecular flexibility index (Phi) is 4.68. The molecule has 0 unspecified atom stereocenters. The smallest absolute Gasteiger partial charge is 0.169 e. The van der Waals surface area contributed by atoms with Crippen LogP contribution in [0.1, 0.15) is 27.8 Å². The number of Topliss-reactive ketones (excluding diaryl/α,β-unsaturated/α-hetero) is 1. The van der Waals surface area contributed by atoms with Crippen molar-refractivity contribution in [1.29, 1.82) is 0 Å². The minimum Gasteiger partial charge on any atom is -0.296 e. The quantitative estimate of drug-likeness (QED) is 0.359. The number of carbonyl (C=O) groups is 2. The maximum absolute atomic E-state index is 12.1. The zero-order valence-electron chi connectivity index (χ0n) is 15.4. The van der Waals surface area contributed by atoms with E-state index in [1.807, 2.05) is 77.4 Å². The van der Waals surface area contributed by atoms with Crippen LogP contribution in [0, 0.1) is 0 Å². The highest BCUT2D eigenvalue weighted by atomic mass is 16.1. The van der Waals surface area contributed by atoms with Crippen LogP contribution >= 0.6 is 0 Å². The van der Waals surface area contributed by atoms with Crippen LogP contribution in [-0.4, -0.2) is 21.6 Å². The average molecular weight is 366 g/mol. The molecular formula is C24H18N2O2.